The van der Waals surface area contributed by atoms with Gasteiger partial charge in [0.1, 0.15) is 11.4 Å². The summed E-state index contributed by atoms with van der Waals surface area (Å²) in [7, 11) is 1.37. The number of nitrogens with one attached hydrogen (secondary N) is 1. The van der Waals surface area contributed by atoms with Crippen LogP contribution in [0.2, 0.25) is 0 Å². The Kier molecular flexibility index (Phi) is 6.58. The Balaban J connectivity index is 1.41. The minimum atomic E-state index is -2.97. The van der Waals surface area contributed by atoms with Gasteiger partial charge in [-0.05, 0) is 54.4 Å². The lowest BCUT2D eigenvalue weighted by atomic mass is 10.0. The Morgan fingerprint density at radius 2 is 1.95 bits per heavy atom. The summed E-state index contributed by atoms with van der Waals surface area (Å²) in [6, 6.07) is 8.52. The summed E-state index contributed by atoms with van der Waals surface area (Å²) >= 11 is 0. The molecule has 1 saturated heterocycles. The van der Waals surface area contributed by atoms with E-state index in [1.165, 1.54) is 17.7 Å². The maximum Gasteiger partial charge on any atom is 0.267 e. The van der Waals surface area contributed by atoms with Gasteiger partial charge in [0.15, 0.2) is 5.65 Å². The van der Waals surface area contributed by atoms with E-state index < -0.39 is 36.5 Å². The van der Waals surface area contributed by atoms with Gasteiger partial charge in [-0.2, -0.15) is 4.98 Å². The molecule has 0 saturated carbocycles. The quantitative estimate of drug-likeness (QED) is 0.385. The van der Waals surface area contributed by atoms with Crippen LogP contribution in [-0.4, -0.2) is 62.4 Å². The largest absolute Gasteiger partial charge is 0.480 e. The first-order chi connectivity index (χ1) is 18.5. The number of amides is 2. The summed E-state index contributed by atoms with van der Waals surface area (Å²) in [4.78, 5) is 35.8. The van der Waals surface area contributed by atoms with E-state index in [2.05, 4.69) is 20.4 Å². The molecular formula is C26H24F3N7O3. The number of aromatic nitrogens is 4. The second kappa shape index (κ2) is 9.89. The molecule has 0 unspecified atom stereocenters. The highest BCUT2D eigenvalue weighted by molar-refractivity contribution is 5.99. The molecule has 1 aliphatic rings. The van der Waals surface area contributed by atoms with Crippen LogP contribution < -0.4 is 15.8 Å². The second-order valence-electron chi connectivity index (χ2n) is 9.18. The topological polar surface area (TPSA) is 128 Å². The number of nitrogen functional groups attached to an aromatic ring is 1. The first kappa shape index (κ1) is 25.9. The highest BCUT2D eigenvalue weighted by atomic mass is 19.3. The van der Waals surface area contributed by atoms with E-state index in [-0.39, 0.29) is 41.6 Å². The molecule has 39 heavy (non-hydrogen) atoms. The zero-order valence-electron chi connectivity index (χ0n) is 21.0. The number of hydrogen-bond donors (Lipinski definition) is 2. The van der Waals surface area contributed by atoms with Crippen LogP contribution in [0.3, 0.4) is 0 Å². The van der Waals surface area contributed by atoms with Crippen molar-refractivity contribution < 1.29 is 27.5 Å². The summed E-state index contributed by atoms with van der Waals surface area (Å²) in [5.74, 6) is -4.67. The lowest BCUT2D eigenvalue weighted by Crippen LogP contribution is -2.33. The fourth-order valence-corrected chi connectivity index (χ4v) is 4.53. The zero-order chi connectivity index (χ0) is 27.9. The molecule has 5 rings (SSSR count). The summed E-state index contributed by atoms with van der Waals surface area (Å²) in [5.41, 5.74) is 8.38. The molecule has 202 valence electrons. The summed E-state index contributed by atoms with van der Waals surface area (Å²) < 4.78 is 48.2. The predicted octanol–water partition coefficient (Wildman–Crippen LogP) is 3.24. The smallest absolute Gasteiger partial charge is 0.267 e. The van der Waals surface area contributed by atoms with Gasteiger partial charge in [-0.3, -0.25) is 9.59 Å². The van der Waals surface area contributed by atoms with Crippen molar-refractivity contribution >= 4 is 23.4 Å². The lowest BCUT2D eigenvalue weighted by Gasteiger charge is -2.19. The lowest BCUT2D eigenvalue weighted by molar-refractivity contribution is 0.0120. The number of fused-ring (bicyclic) bond motifs is 1. The third-order valence-electron chi connectivity index (χ3n) is 6.47. The summed E-state index contributed by atoms with van der Waals surface area (Å²) in [6.45, 7) is 0.697. The Morgan fingerprint density at radius 1 is 1.15 bits per heavy atom. The van der Waals surface area contributed by atoms with Gasteiger partial charge in [0.25, 0.3) is 17.7 Å². The molecule has 13 heteroatoms. The van der Waals surface area contributed by atoms with Crippen molar-refractivity contribution in [3.8, 4) is 17.0 Å². The molecule has 2 amide bonds. The number of aryl methyl sites for hydroxylation is 1. The number of pyridine rings is 2. The minimum Gasteiger partial charge on any atom is -0.480 e. The van der Waals surface area contributed by atoms with Crippen LogP contribution in [0.15, 0.2) is 42.6 Å². The number of carbonyl (C=O) groups is 2. The minimum absolute atomic E-state index is 0.0324. The van der Waals surface area contributed by atoms with Crippen molar-refractivity contribution in [3.63, 3.8) is 0 Å². The van der Waals surface area contributed by atoms with Crippen molar-refractivity contribution in [1.29, 1.82) is 0 Å². The van der Waals surface area contributed by atoms with Gasteiger partial charge < -0.3 is 20.7 Å². The molecule has 1 aromatic carbocycles. The van der Waals surface area contributed by atoms with Crippen LogP contribution in [-0.2, 0) is 6.54 Å². The van der Waals surface area contributed by atoms with E-state index in [9.17, 15) is 22.8 Å². The van der Waals surface area contributed by atoms with Crippen LogP contribution in [0, 0.1) is 12.7 Å². The van der Waals surface area contributed by atoms with Crippen LogP contribution >= 0.6 is 0 Å². The molecule has 0 aliphatic carbocycles. The van der Waals surface area contributed by atoms with E-state index in [1.54, 1.807) is 31.3 Å². The number of anilines is 1. The molecule has 10 nitrogen and oxygen atoms in total. The molecule has 4 aromatic rings. The number of methoxy groups -OCH3 is 1. The molecule has 0 spiro atoms. The fraction of sp³-hybridized carbons (Fsp3) is 0.269. The first-order valence-corrected chi connectivity index (χ1v) is 12.0. The van der Waals surface area contributed by atoms with Crippen molar-refractivity contribution in [1.82, 2.24) is 29.8 Å². The van der Waals surface area contributed by atoms with Gasteiger partial charge in [-0.25, -0.2) is 22.7 Å². The monoisotopic (exact) mass is 539 g/mol. The maximum atomic E-state index is 14.1. The number of halogens is 3. The number of rotatable bonds is 6. The van der Waals surface area contributed by atoms with E-state index >= 15 is 0 Å². The number of hydrogen-bond acceptors (Lipinski definition) is 7. The third-order valence-corrected chi connectivity index (χ3v) is 6.47. The maximum absolute atomic E-state index is 14.1. The van der Waals surface area contributed by atoms with Gasteiger partial charge >= 0.3 is 0 Å². The molecule has 1 aliphatic heterocycles. The Labute approximate surface area is 220 Å². The van der Waals surface area contributed by atoms with Crippen molar-refractivity contribution in [3.05, 3.63) is 70.8 Å². The number of nitrogens with two attached hydrogens (primary N) is 1. The normalized spacial score (nSPS) is 14.5. The molecule has 0 atom stereocenters. The van der Waals surface area contributed by atoms with Crippen LogP contribution in [0.5, 0.6) is 5.88 Å². The van der Waals surface area contributed by atoms with Crippen LogP contribution in [0.4, 0.5) is 19.1 Å². The van der Waals surface area contributed by atoms with E-state index in [1.807, 2.05) is 0 Å². The van der Waals surface area contributed by atoms with Gasteiger partial charge in [0.2, 0.25) is 11.8 Å². The molecule has 4 heterocycles. The molecule has 3 aromatic heterocycles. The van der Waals surface area contributed by atoms with Gasteiger partial charge in [-0.1, -0.05) is 0 Å². The summed E-state index contributed by atoms with van der Waals surface area (Å²) in [6.07, 6.45) is 1.24. The number of nitrogens with zero attached hydrogens (tertiary/aromatic N) is 5. The van der Waals surface area contributed by atoms with Gasteiger partial charge in [0.05, 0.1) is 13.7 Å². The summed E-state index contributed by atoms with van der Waals surface area (Å²) in [5, 5.41) is 6.71. The average Bonchev–Trinajstić information content (AvgIpc) is 3.46. The number of likely N-dealkylation sites (tertiary alicyclic amines) is 1. The molecule has 0 radical (unpaired) electrons. The number of alkyl halides is 2. The number of carbonyl (C=O) groups excluding carboxylic acids is 2. The van der Waals surface area contributed by atoms with Gasteiger partial charge in [-0.15, -0.1) is 5.10 Å². The van der Waals surface area contributed by atoms with Crippen molar-refractivity contribution in [2.75, 3.05) is 25.9 Å². The molecule has 1 fully saturated rings. The second-order valence-corrected chi connectivity index (χ2v) is 9.18. The molecular weight excluding hydrogens is 515 g/mol. The highest BCUT2D eigenvalue weighted by Crippen LogP contribution is 2.30. The third kappa shape index (κ3) is 5.19. The van der Waals surface area contributed by atoms with Crippen LogP contribution in [0.1, 0.15) is 38.4 Å². The first-order valence-electron chi connectivity index (χ1n) is 12.0. The van der Waals surface area contributed by atoms with Gasteiger partial charge in [0, 0.05) is 42.5 Å². The predicted molar refractivity (Wildman–Crippen MR) is 135 cm³/mol. The molecule has 3 N–H and O–H groups in total. The highest BCUT2D eigenvalue weighted by Gasteiger charge is 2.40. The molecule has 0 bridgehead atoms. The van der Waals surface area contributed by atoms with E-state index in [0.717, 1.165) is 17.0 Å². The zero-order valence-corrected chi connectivity index (χ0v) is 21.0. The fourth-order valence-electron chi connectivity index (χ4n) is 4.53. The standard InChI is InChI=1S/C26H24F3N7O3/c1-14-19(15-5-7-36-21(10-15)33-25(30)34-36)11-20(23(32-14)39-2)22(37)31-12-16-9-17(27)3-4-18(16)24(38)35-8-6-26(28,29)13-35/h3-5,7,9-11H,6,8,12-13H2,1-2H3,(H2,30,34)(H,31,37). The van der Waals surface area contributed by atoms with Crippen molar-refractivity contribution in [2.45, 2.75) is 25.8 Å². The van der Waals surface area contributed by atoms with Crippen molar-refractivity contribution in [2.24, 2.45) is 0 Å². The van der Waals surface area contributed by atoms with Crippen LogP contribution in [0.25, 0.3) is 16.8 Å². The number of ether oxygens (including phenoxy) is 1. The SMILES string of the molecule is COc1nc(C)c(-c2ccn3nc(N)nc3c2)cc1C(=O)NCc1cc(F)ccc1C(=O)N1CCC(F)(F)C1. The Hall–Kier alpha value is -4.68. The van der Waals surface area contributed by atoms with E-state index in [4.69, 9.17) is 10.5 Å². The number of benzene rings is 1. The Bertz CT molecular complexity index is 1610. The Morgan fingerprint density at radius 3 is 2.67 bits per heavy atom. The average molecular weight is 540 g/mol. The van der Waals surface area contributed by atoms with E-state index in [0.29, 0.717) is 22.5 Å².